The van der Waals surface area contributed by atoms with E-state index in [-0.39, 0.29) is 18.1 Å². The van der Waals surface area contributed by atoms with E-state index in [1.54, 1.807) is 0 Å². The zero-order valence-electron chi connectivity index (χ0n) is 14.3. The largest absolute Gasteiger partial charge is 0.467 e. The molecule has 130 valence electrons. The Kier molecular flexibility index (Phi) is 8.22. The second kappa shape index (κ2) is 9.64. The van der Waals surface area contributed by atoms with Gasteiger partial charge in [-0.15, -0.1) is 0 Å². The summed E-state index contributed by atoms with van der Waals surface area (Å²) in [5, 5.41) is 16.3. The Bertz CT molecular complexity index is 509. The molecular formula is C16H27N3O3S. The summed E-state index contributed by atoms with van der Waals surface area (Å²) < 4.78 is 5.43. The number of amides is 1. The SMILES string of the molecule is C/C=C/CCNC(=O)c1cnc(OCC(O)CNC(C)(C)C)s1. The highest BCUT2D eigenvalue weighted by Crippen LogP contribution is 2.20. The molecule has 3 N–H and O–H groups in total. The first kappa shape index (κ1) is 19.6. The van der Waals surface area contributed by atoms with Crippen LogP contribution < -0.4 is 15.4 Å². The van der Waals surface area contributed by atoms with Crippen molar-refractivity contribution in [2.45, 2.75) is 45.8 Å². The van der Waals surface area contributed by atoms with E-state index >= 15 is 0 Å². The third-order valence-corrected chi connectivity index (χ3v) is 3.72. The number of ether oxygens (including phenoxy) is 1. The van der Waals surface area contributed by atoms with Crippen molar-refractivity contribution < 1.29 is 14.6 Å². The average Bonchev–Trinajstić information content (AvgIpc) is 2.95. The van der Waals surface area contributed by atoms with E-state index < -0.39 is 6.10 Å². The quantitative estimate of drug-likeness (QED) is 0.472. The maximum absolute atomic E-state index is 11.9. The van der Waals surface area contributed by atoms with Crippen molar-refractivity contribution in [3.63, 3.8) is 0 Å². The Morgan fingerprint density at radius 1 is 1.52 bits per heavy atom. The minimum Gasteiger partial charge on any atom is -0.467 e. The monoisotopic (exact) mass is 341 g/mol. The fourth-order valence-electron chi connectivity index (χ4n) is 1.60. The van der Waals surface area contributed by atoms with E-state index in [9.17, 15) is 9.90 Å². The number of aliphatic hydroxyl groups is 1. The Balaban J connectivity index is 2.34. The minimum atomic E-state index is -0.628. The van der Waals surface area contributed by atoms with Crippen molar-refractivity contribution in [2.24, 2.45) is 0 Å². The lowest BCUT2D eigenvalue weighted by Gasteiger charge is -2.22. The molecule has 0 bridgehead atoms. The number of rotatable bonds is 9. The fraction of sp³-hybridized carbons (Fsp3) is 0.625. The first-order chi connectivity index (χ1) is 10.8. The molecule has 1 amide bonds. The zero-order valence-corrected chi connectivity index (χ0v) is 15.1. The second-order valence-electron chi connectivity index (χ2n) is 6.20. The van der Waals surface area contributed by atoms with E-state index in [1.807, 2.05) is 39.8 Å². The third kappa shape index (κ3) is 8.68. The van der Waals surface area contributed by atoms with E-state index in [1.165, 1.54) is 17.5 Å². The Morgan fingerprint density at radius 2 is 2.26 bits per heavy atom. The van der Waals surface area contributed by atoms with Crippen LogP contribution in [-0.4, -0.2) is 47.3 Å². The topological polar surface area (TPSA) is 83.5 Å². The molecule has 0 saturated carbocycles. The van der Waals surface area contributed by atoms with Gasteiger partial charge in [-0.1, -0.05) is 23.5 Å². The lowest BCUT2D eigenvalue weighted by molar-refractivity contribution is 0.0958. The number of nitrogens with zero attached hydrogens (tertiary/aromatic N) is 1. The molecule has 1 heterocycles. The number of β-amino-alcohol motifs (C(OH)–C–C–N with tert-alkyl or cyclic N) is 1. The summed E-state index contributed by atoms with van der Waals surface area (Å²) in [6.07, 6.45) is 5.61. The second-order valence-corrected chi connectivity index (χ2v) is 7.19. The highest BCUT2D eigenvalue weighted by atomic mass is 32.1. The van der Waals surface area contributed by atoms with Crippen molar-refractivity contribution in [1.29, 1.82) is 0 Å². The number of allylic oxidation sites excluding steroid dienone is 1. The van der Waals surface area contributed by atoms with Gasteiger partial charge >= 0.3 is 0 Å². The van der Waals surface area contributed by atoms with Crippen LogP contribution in [0.5, 0.6) is 5.19 Å². The van der Waals surface area contributed by atoms with Gasteiger partial charge in [-0.25, -0.2) is 4.98 Å². The molecule has 1 rings (SSSR count). The van der Waals surface area contributed by atoms with Crippen LogP contribution in [0.4, 0.5) is 0 Å². The predicted octanol–water partition coefficient (Wildman–Crippen LogP) is 1.97. The first-order valence-electron chi connectivity index (χ1n) is 7.73. The molecule has 6 nitrogen and oxygen atoms in total. The first-order valence-corrected chi connectivity index (χ1v) is 8.54. The van der Waals surface area contributed by atoms with E-state index in [0.717, 1.165) is 6.42 Å². The molecular weight excluding hydrogens is 314 g/mol. The van der Waals surface area contributed by atoms with E-state index in [0.29, 0.717) is 23.2 Å². The molecule has 1 atom stereocenters. The Morgan fingerprint density at radius 3 is 2.91 bits per heavy atom. The zero-order chi connectivity index (χ0) is 17.3. The summed E-state index contributed by atoms with van der Waals surface area (Å²) in [4.78, 5) is 16.4. The number of aromatic nitrogens is 1. The summed E-state index contributed by atoms with van der Waals surface area (Å²) in [5.41, 5.74) is -0.0552. The number of aliphatic hydroxyl groups excluding tert-OH is 1. The van der Waals surface area contributed by atoms with Gasteiger partial charge in [0.1, 0.15) is 17.6 Å². The molecule has 1 aromatic rings. The summed E-state index contributed by atoms with van der Waals surface area (Å²) >= 11 is 1.18. The maximum atomic E-state index is 11.9. The van der Waals surface area contributed by atoms with Gasteiger partial charge in [-0.05, 0) is 34.1 Å². The van der Waals surface area contributed by atoms with Crippen molar-refractivity contribution in [3.05, 3.63) is 23.2 Å². The fourth-order valence-corrected chi connectivity index (χ4v) is 2.29. The average molecular weight is 341 g/mol. The van der Waals surface area contributed by atoms with Crippen LogP contribution in [0.3, 0.4) is 0 Å². The van der Waals surface area contributed by atoms with Crippen LogP contribution in [0, 0.1) is 0 Å². The molecule has 0 radical (unpaired) electrons. The van der Waals surface area contributed by atoms with Gasteiger partial charge < -0.3 is 20.5 Å². The summed E-state index contributed by atoms with van der Waals surface area (Å²) in [7, 11) is 0. The van der Waals surface area contributed by atoms with Crippen LogP contribution in [0.1, 0.15) is 43.8 Å². The van der Waals surface area contributed by atoms with Crippen LogP contribution in [0.15, 0.2) is 18.3 Å². The van der Waals surface area contributed by atoms with Crippen molar-refractivity contribution in [2.75, 3.05) is 19.7 Å². The molecule has 0 fully saturated rings. The molecule has 23 heavy (non-hydrogen) atoms. The Hall–Kier alpha value is -1.44. The molecule has 0 aliphatic carbocycles. The van der Waals surface area contributed by atoms with Gasteiger partial charge in [-0.2, -0.15) is 0 Å². The third-order valence-electron chi connectivity index (χ3n) is 2.81. The van der Waals surface area contributed by atoms with Crippen molar-refractivity contribution >= 4 is 17.2 Å². The van der Waals surface area contributed by atoms with E-state index in [4.69, 9.17) is 4.74 Å². The molecule has 0 aliphatic rings. The molecule has 1 aromatic heterocycles. The van der Waals surface area contributed by atoms with E-state index in [2.05, 4.69) is 15.6 Å². The highest BCUT2D eigenvalue weighted by molar-refractivity contribution is 7.15. The van der Waals surface area contributed by atoms with Crippen LogP contribution in [0.25, 0.3) is 0 Å². The lowest BCUT2D eigenvalue weighted by Crippen LogP contribution is -2.42. The maximum Gasteiger partial charge on any atom is 0.273 e. The molecule has 0 saturated heterocycles. The van der Waals surface area contributed by atoms with Crippen LogP contribution in [-0.2, 0) is 0 Å². The van der Waals surface area contributed by atoms with Crippen molar-refractivity contribution in [3.8, 4) is 5.19 Å². The lowest BCUT2D eigenvalue weighted by atomic mass is 10.1. The normalized spacial score (nSPS) is 13.3. The number of nitrogens with one attached hydrogen (secondary N) is 2. The van der Waals surface area contributed by atoms with Crippen LogP contribution >= 0.6 is 11.3 Å². The standard InChI is InChI=1S/C16H27N3O3S/c1-5-6-7-8-17-14(21)13-10-18-15(23-13)22-11-12(20)9-19-16(2,3)4/h5-6,10,12,19-20H,7-9,11H2,1-4H3,(H,17,21)/b6-5+. The van der Waals surface area contributed by atoms with Gasteiger partial charge in [0.2, 0.25) is 0 Å². The minimum absolute atomic E-state index is 0.0552. The molecule has 1 unspecified atom stereocenters. The highest BCUT2D eigenvalue weighted by Gasteiger charge is 2.14. The molecule has 0 spiro atoms. The number of thiazole rings is 1. The summed E-state index contributed by atoms with van der Waals surface area (Å²) in [6.45, 7) is 9.20. The van der Waals surface area contributed by atoms with Gasteiger partial charge in [0.05, 0.1) is 6.20 Å². The number of carbonyl (C=O) groups is 1. The Labute approximate surface area is 142 Å². The van der Waals surface area contributed by atoms with Gasteiger partial charge in [0.15, 0.2) is 0 Å². The smallest absolute Gasteiger partial charge is 0.273 e. The molecule has 0 aliphatic heterocycles. The predicted molar refractivity (Wildman–Crippen MR) is 93.1 cm³/mol. The van der Waals surface area contributed by atoms with Crippen molar-refractivity contribution in [1.82, 2.24) is 15.6 Å². The number of hydrogen-bond acceptors (Lipinski definition) is 6. The summed E-state index contributed by atoms with van der Waals surface area (Å²) in [5.74, 6) is -0.156. The molecule has 0 aromatic carbocycles. The van der Waals surface area contributed by atoms with Crippen LogP contribution in [0.2, 0.25) is 0 Å². The molecule has 7 heteroatoms. The van der Waals surface area contributed by atoms with Gasteiger partial charge in [-0.3, -0.25) is 4.79 Å². The van der Waals surface area contributed by atoms with Gasteiger partial charge in [0, 0.05) is 18.6 Å². The number of carbonyl (C=O) groups excluding carboxylic acids is 1. The number of hydrogen-bond donors (Lipinski definition) is 3. The van der Waals surface area contributed by atoms with Gasteiger partial charge in [0.25, 0.3) is 11.1 Å². The summed E-state index contributed by atoms with van der Waals surface area (Å²) in [6, 6.07) is 0.